The normalized spacial score (nSPS) is 11.1. The summed E-state index contributed by atoms with van der Waals surface area (Å²) in [6, 6.07) is 17.6. The third-order valence-corrected chi connectivity index (χ3v) is 6.55. The van der Waals surface area contributed by atoms with Gasteiger partial charge in [0, 0.05) is 28.7 Å². The number of carbonyl (C=O) groups excluding carboxylic acids is 2. The summed E-state index contributed by atoms with van der Waals surface area (Å²) in [5, 5.41) is 15.5. The lowest BCUT2D eigenvalue weighted by Crippen LogP contribution is -2.19. The zero-order valence-corrected chi connectivity index (χ0v) is 25.4. The number of halogens is 1. The van der Waals surface area contributed by atoms with Crippen LogP contribution in [-0.4, -0.2) is 40.3 Å². The maximum absolute atomic E-state index is 12.5. The second kappa shape index (κ2) is 13.8. The molecule has 0 atom stereocenters. The number of nitro groups is 1. The molecule has 0 bridgehead atoms. The number of esters is 1. The van der Waals surface area contributed by atoms with E-state index in [-0.39, 0.29) is 34.3 Å². The number of nitro benzene ring substituents is 1. The fraction of sp³-hybridized carbons (Fsp3) is 0.233. The number of hydrogen-bond acceptors (Lipinski definition) is 9. The van der Waals surface area contributed by atoms with Gasteiger partial charge in [0.25, 0.3) is 0 Å². The lowest BCUT2D eigenvalue weighted by Gasteiger charge is -2.11. The van der Waals surface area contributed by atoms with E-state index in [1.807, 2.05) is 38.1 Å². The number of aryl methyl sites for hydroxylation is 2. The standard InChI is InChI=1S/C30H29BrN4O8/c1-18(2)42-28(36)17-41-29-25(31)13-21(14-26(29)35(38)39)15-32-33-30(37)27-12-11-24(43-27)16-40-23-9-7-22(8-10-23)34-19(3)5-6-20(34)4/h5-15,18H,16-17H2,1-4H3,(H,33,37)/b32-15+. The third-order valence-electron chi connectivity index (χ3n) is 5.96. The van der Waals surface area contributed by atoms with Crippen LogP contribution < -0.4 is 14.9 Å². The van der Waals surface area contributed by atoms with Crippen LogP contribution in [0, 0.1) is 24.0 Å². The lowest BCUT2D eigenvalue weighted by atomic mass is 10.2. The molecule has 2 aromatic carbocycles. The highest BCUT2D eigenvalue weighted by atomic mass is 79.9. The molecular weight excluding hydrogens is 624 g/mol. The lowest BCUT2D eigenvalue weighted by molar-refractivity contribution is -0.385. The molecule has 2 aromatic heterocycles. The molecular formula is C30H29BrN4O8. The van der Waals surface area contributed by atoms with Gasteiger partial charge in [-0.05, 0) is 98.2 Å². The van der Waals surface area contributed by atoms with Crippen molar-refractivity contribution in [1.29, 1.82) is 0 Å². The summed E-state index contributed by atoms with van der Waals surface area (Å²) in [5.41, 5.74) is 5.50. The smallest absolute Gasteiger partial charge is 0.344 e. The van der Waals surface area contributed by atoms with Gasteiger partial charge in [-0.25, -0.2) is 10.2 Å². The van der Waals surface area contributed by atoms with Crippen LogP contribution >= 0.6 is 15.9 Å². The van der Waals surface area contributed by atoms with E-state index in [0.29, 0.717) is 11.5 Å². The predicted octanol–water partition coefficient (Wildman–Crippen LogP) is 6.03. The SMILES string of the molecule is Cc1ccc(C)n1-c1ccc(OCc2ccc(C(=O)N/N=C/c3cc(Br)c(OCC(=O)OC(C)C)c([N+](=O)[O-])c3)o2)cc1. The number of hydrogen-bond donors (Lipinski definition) is 1. The minimum atomic E-state index is -0.662. The molecule has 0 saturated heterocycles. The van der Waals surface area contributed by atoms with Crippen LogP contribution in [0.5, 0.6) is 11.5 Å². The Morgan fingerprint density at radius 3 is 2.42 bits per heavy atom. The van der Waals surface area contributed by atoms with E-state index in [2.05, 4.69) is 43.2 Å². The zero-order valence-electron chi connectivity index (χ0n) is 23.8. The minimum Gasteiger partial charge on any atom is -0.486 e. The fourth-order valence-electron chi connectivity index (χ4n) is 4.10. The quantitative estimate of drug-likeness (QED) is 0.0844. The Hall–Kier alpha value is -4.91. The molecule has 12 nitrogen and oxygen atoms in total. The average Bonchev–Trinajstić information content (AvgIpc) is 3.57. The van der Waals surface area contributed by atoms with Crippen molar-refractivity contribution in [2.24, 2.45) is 5.10 Å². The van der Waals surface area contributed by atoms with Gasteiger partial charge >= 0.3 is 17.6 Å². The first kappa shape index (κ1) is 31.0. The number of rotatable bonds is 12. The molecule has 1 amide bonds. The van der Waals surface area contributed by atoms with Crippen LogP contribution in [0.1, 0.15) is 47.1 Å². The van der Waals surface area contributed by atoms with E-state index in [0.717, 1.165) is 17.1 Å². The van der Waals surface area contributed by atoms with Crippen molar-refractivity contribution >= 4 is 39.7 Å². The number of nitrogens with zero attached hydrogens (tertiary/aromatic N) is 3. The molecule has 0 radical (unpaired) electrons. The zero-order chi connectivity index (χ0) is 31.1. The molecule has 43 heavy (non-hydrogen) atoms. The van der Waals surface area contributed by atoms with E-state index < -0.39 is 29.1 Å². The van der Waals surface area contributed by atoms with Crippen molar-refractivity contribution in [3.05, 3.63) is 104 Å². The van der Waals surface area contributed by atoms with Crippen LogP contribution in [0.15, 0.2) is 74.7 Å². The maximum atomic E-state index is 12.5. The highest BCUT2D eigenvalue weighted by molar-refractivity contribution is 9.10. The summed E-state index contributed by atoms with van der Waals surface area (Å²) in [6.07, 6.45) is 0.872. The third kappa shape index (κ3) is 8.10. The van der Waals surface area contributed by atoms with Gasteiger partial charge in [-0.1, -0.05) is 0 Å². The van der Waals surface area contributed by atoms with E-state index >= 15 is 0 Å². The molecule has 0 saturated carbocycles. The summed E-state index contributed by atoms with van der Waals surface area (Å²) < 4.78 is 24.0. The Balaban J connectivity index is 1.33. The van der Waals surface area contributed by atoms with Gasteiger partial charge in [-0.3, -0.25) is 14.9 Å². The highest BCUT2D eigenvalue weighted by Crippen LogP contribution is 2.36. The maximum Gasteiger partial charge on any atom is 0.344 e. The number of nitrogens with one attached hydrogen (secondary N) is 1. The van der Waals surface area contributed by atoms with Gasteiger partial charge in [0.1, 0.15) is 18.1 Å². The Morgan fingerprint density at radius 2 is 1.77 bits per heavy atom. The molecule has 1 N–H and O–H groups in total. The van der Waals surface area contributed by atoms with Gasteiger partial charge in [-0.15, -0.1) is 0 Å². The summed E-state index contributed by atoms with van der Waals surface area (Å²) in [5.74, 6) is -0.340. The first-order valence-electron chi connectivity index (χ1n) is 13.1. The van der Waals surface area contributed by atoms with Gasteiger partial charge in [0.2, 0.25) is 5.75 Å². The van der Waals surface area contributed by atoms with E-state index in [9.17, 15) is 19.7 Å². The van der Waals surface area contributed by atoms with Gasteiger partial charge < -0.3 is 23.2 Å². The second-order valence-corrected chi connectivity index (χ2v) is 10.5. The molecule has 4 rings (SSSR count). The van der Waals surface area contributed by atoms with Crippen molar-refractivity contribution in [3.8, 4) is 17.2 Å². The Labute approximate surface area is 255 Å². The summed E-state index contributed by atoms with van der Waals surface area (Å²) >= 11 is 3.22. The van der Waals surface area contributed by atoms with Crippen LogP contribution in [0.2, 0.25) is 0 Å². The fourth-order valence-corrected chi connectivity index (χ4v) is 4.68. The predicted molar refractivity (Wildman–Crippen MR) is 161 cm³/mol. The first-order chi connectivity index (χ1) is 20.5. The number of hydrazone groups is 1. The Bertz CT molecular complexity index is 1640. The van der Waals surface area contributed by atoms with Crippen molar-refractivity contribution < 1.29 is 33.1 Å². The van der Waals surface area contributed by atoms with Crippen LogP contribution in [0.25, 0.3) is 5.69 Å². The summed E-state index contributed by atoms with van der Waals surface area (Å²) in [4.78, 5) is 35.2. The van der Waals surface area contributed by atoms with Crippen LogP contribution in [-0.2, 0) is 16.1 Å². The molecule has 2 heterocycles. The number of carbonyl (C=O) groups is 2. The molecule has 0 unspecified atom stereocenters. The van der Waals surface area contributed by atoms with Gasteiger partial charge in [0.15, 0.2) is 12.4 Å². The Morgan fingerprint density at radius 1 is 1.07 bits per heavy atom. The van der Waals surface area contributed by atoms with Crippen molar-refractivity contribution in [2.45, 2.75) is 40.4 Å². The number of ether oxygens (including phenoxy) is 3. The summed E-state index contributed by atoms with van der Waals surface area (Å²) in [6.45, 7) is 7.05. The number of aromatic nitrogens is 1. The van der Waals surface area contributed by atoms with Crippen molar-refractivity contribution in [2.75, 3.05) is 6.61 Å². The summed E-state index contributed by atoms with van der Waals surface area (Å²) in [7, 11) is 0. The number of furan rings is 1. The van der Waals surface area contributed by atoms with Crippen molar-refractivity contribution in [1.82, 2.24) is 9.99 Å². The van der Waals surface area contributed by atoms with Crippen LogP contribution in [0.3, 0.4) is 0 Å². The van der Waals surface area contributed by atoms with E-state index in [1.165, 1.54) is 24.4 Å². The van der Waals surface area contributed by atoms with Crippen LogP contribution in [0.4, 0.5) is 5.69 Å². The largest absolute Gasteiger partial charge is 0.486 e. The Kier molecular flexibility index (Phi) is 9.99. The molecule has 0 aliphatic rings. The first-order valence-corrected chi connectivity index (χ1v) is 13.9. The molecule has 13 heteroatoms. The molecule has 224 valence electrons. The molecule has 4 aromatic rings. The van der Waals surface area contributed by atoms with Gasteiger partial charge in [0.05, 0.1) is 21.7 Å². The molecule has 0 fully saturated rings. The number of amides is 1. The minimum absolute atomic E-state index is 0.00819. The monoisotopic (exact) mass is 652 g/mol. The average molecular weight is 653 g/mol. The number of benzene rings is 2. The van der Waals surface area contributed by atoms with Crippen molar-refractivity contribution in [3.63, 3.8) is 0 Å². The molecule has 0 aliphatic heterocycles. The van der Waals surface area contributed by atoms with Gasteiger partial charge in [-0.2, -0.15) is 5.10 Å². The van der Waals surface area contributed by atoms with E-state index in [4.69, 9.17) is 18.6 Å². The second-order valence-electron chi connectivity index (χ2n) is 9.63. The molecule has 0 aliphatic carbocycles. The highest BCUT2D eigenvalue weighted by Gasteiger charge is 2.22. The van der Waals surface area contributed by atoms with E-state index in [1.54, 1.807) is 19.9 Å². The topological polar surface area (TPSA) is 147 Å². The molecule has 0 spiro atoms.